The minimum atomic E-state index is -1.16. The van der Waals surface area contributed by atoms with Gasteiger partial charge in [-0.3, -0.25) is 4.79 Å². The van der Waals surface area contributed by atoms with Gasteiger partial charge in [-0.15, -0.1) is 11.8 Å². The molecule has 2 rings (SSSR count). The Labute approximate surface area is 131 Å². The predicted molar refractivity (Wildman–Crippen MR) is 83.5 cm³/mol. The van der Waals surface area contributed by atoms with E-state index >= 15 is 0 Å². The number of allylic oxidation sites excluding steroid dienone is 1. The molecule has 2 aromatic rings. The fourth-order valence-corrected chi connectivity index (χ4v) is 2.62. The van der Waals surface area contributed by atoms with Crippen molar-refractivity contribution in [2.24, 2.45) is 0 Å². The van der Waals surface area contributed by atoms with Crippen LogP contribution in [0.1, 0.15) is 15.9 Å². The number of carboxylic acid groups (broad SMARTS) is 1. The summed E-state index contributed by atoms with van der Waals surface area (Å²) in [6.07, 6.45) is 1.83. The molecule has 0 aliphatic heterocycles. The van der Waals surface area contributed by atoms with Crippen LogP contribution in [0.25, 0.3) is 0 Å². The van der Waals surface area contributed by atoms with Gasteiger partial charge in [0.1, 0.15) is 5.82 Å². The number of aliphatic carboxylic acids is 1. The van der Waals surface area contributed by atoms with Crippen LogP contribution in [0.2, 0.25) is 0 Å². The van der Waals surface area contributed by atoms with Crippen molar-refractivity contribution >= 4 is 23.5 Å². The van der Waals surface area contributed by atoms with Crippen molar-refractivity contribution in [2.45, 2.75) is 10.6 Å². The van der Waals surface area contributed by atoms with Gasteiger partial charge in [-0.05, 0) is 42.0 Å². The molecule has 0 radical (unpaired) electrons. The Balaban J connectivity index is 1.99. The maximum atomic E-state index is 13.5. The second kappa shape index (κ2) is 7.56. The normalized spacial score (nSPS) is 10.8. The Kier molecular flexibility index (Phi) is 5.49. The van der Waals surface area contributed by atoms with E-state index in [-0.39, 0.29) is 11.6 Å². The van der Waals surface area contributed by atoms with Crippen molar-refractivity contribution < 1.29 is 19.1 Å². The zero-order chi connectivity index (χ0) is 15.9. The van der Waals surface area contributed by atoms with Gasteiger partial charge in [0.15, 0.2) is 5.78 Å². The van der Waals surface area contributed by atoms with E-state index in [0.29, 0.717) is 16.9 Å². The molecule has 0 bridgehead atoms. The summed E-state index contributed by atoms with van der Waals surface area (Å²) in [5.41, 5.74) is 1.03. The minimum absolute atomic E-state index is 0.236. The van der Waals surface area contributed by atoms with Crippen LogP contribution < -0.4 is 0 Å². The van der Waals surface area contributed by atoms with E-state index in [1.165, 1.54) is 17.8 Å². The first-order valence-corrected chi connectivity index (χ1v) is 7.46. The molecule has 112 valence electrons. The van der Waals surface area contributed by atoms with E-state index in [1.807, 2.05) is 0 Å². The minimum Gasteiger partial charge on any atom is -0.478 e. The second-order valence-electron chi connectivity index (χ2n) is 4.44. The fourth-order valence-electron chi connectivity index (χ4n) is 1.74. The van der Waals surface area contributed by atoms with Crippen molar-refractivity contribution in [3.8, 4) is 0 Å². The van der Waals surface area contributed by atoms with Crippen LogP contribution in [0, 0.1) is 5.82 Å². The number of carboxylic acids is 1. The maximum Gasteiger partial charge on any atom is 0.328 e. The Bertz CT molecular complexity index is 708. The highest BCUT2D eigenvalue weighted by Gasteiger charge is 2.05. The molecule has 0 saturated carbocycles. The number of hydrogen-bond acceptors (Lipinski definition) is 3. The van der Waals surface area contributed by atoms with Crippen molar-refractivity contribution in [1.29, 1.82) is 0 Å². The van der Waals surface area contributed by atoms with E-state index in [1.54, 1.807) is 42.5 Å². The summed E-state index contributed by atoms with van der Waals surface area (Å²) in [7, 11) is 0. The van der Waals surface area contributed by atoms with Gasteiger partial charge < -0.3 is 5.11 Å². The van der Waals surface area contributed by atoms with Gasteiger partial charge in [-0.2, -0.15) is 0 Å². The van der Waals surface area contributed by atoms with Crippen LogP contribution in [0.5, 0.6) is 0 Å². The Hall–Kier alpha value is -2.40. The van der Waals surface area contributed by atoms with Crippen molar-refractivity contribution in [3.63, 3.8) is 0 Å². The average molecular weight is 316 g/mol. The molecule has 5 heteroatoms. The lowest BCUT2D eigenvalue weighted by molar-refractivity contribution is -0.131. The summed E-state index contributed by atoms with van der Waals surface area (Å²) in [6, 6.07) is 13.4. The van der Waals surface area contributed by atoms with Gasteiger partial charge in [0, 0.05) is 22.3 Å². The molecule has 0 atom stereocenters. The first-order chi connectivity index (χ1) is 10.6. The van der Waals surface area contributed by atoms with E-state index in [2.05, 4.69) is 0 Å². The average Bonchev–Trinajstić information content (AvgIpc) is 2.52. The third-order valence-corrected chi connectivity index (χ3v) is 3.93. The van der Waals surface area contributed by atoms with E-state index < -0.39 is 5.97 Å². The molecule has 3 nitrogen and oxygen atoms in total. The van der Waals surface area contributed by atoms with Crippen LogP contribution in [0.15, 0.2) is 65.6 Å². The topological polar surface area (TPSA) is 54.4 Å². The van der Waals surface area contributed by atoms with Crippen molar-refractivity contribution in [2.75, 3.05) is 0 Å². The fraction of sp³-hybridized carbons (Fsp3) is 0.0588. The summed E-state index contributed by atoms with van der Waals surface area (Å²) in [5.74, 6) is -1.27. The molecule has 2 aromatic carbocycles. The molecule has 0 unspecified atom stereocenters. The summed E-state index contributed by atoms with van der Waals surface area (Å²) >= 11 is 1.46. The van der Waals surface area contributed by atoms with Crippen molar-refractivity contribution in [3.05, 3.63) is 77.6 Å². The van der Waals surface area contributed by atoms with Gasteiger partial charge in [0.25, 0.3) is 0 Å². The van der Waals surface area contributed by atoms with Gasteiger partial charge >= 0.3 is 5.97 Å². The third-order valence-electron chi connectivity index (χ3n) is 2.87. The zero-order valence-corrected chi connectivity index (χ0v) is 12.3. The van der Waals surface area contributed by atoms with E-state index in [4.69, 9.17) is 5.11 Å². The molecule has 1 N–H and O–H groups in total. The standard InChI is InChI=1S/C17H13FO3S/c18-15-4-2-1-3-13(15)11-22-14-7-5-12(6-8-14)16(19)9-10-17(20)21/h1-10H,11H2,(H,20,21)/b10-9+. The number of halogens is 1. The van der Waals surface area contributed by atoms with Crippen LogP contribution in [-0.2, 0) is 10.5 Å². The molecule has 0 saturated heterocycles. The molecular formula is C17H13FO3S. The van der Waals surface area contributed by atoms with Gasteiger partial charge in [0.05, 0.1) is 0 Å². The molecule has 0 heterocycles. The quantitative estimate of drug-likeness (QED) is 0.498. The molecule has 0 spiro atoms. The molecule has 0 aromatic heterocycles. The lowest BCUT2D eigenvalue weighted by atomic mass is 10.1. The highest BCUT2D eigenvalue weighted by Crippen LogP contribution is 2.24. The smallest absolute Gasteiger partial charge is 0.328 e. The number of carbonyl (C=O) groups excluding carboxylic acids is 1. The van der Waals surface area contributed by atoms with Gasteiger partial charge in [-0.1, -0.05) is 18.2 Å². The van der Waals surface area contributed by atoms with E-state index in [0.717, 1.165) is 17.0 Å². The monoisotopic (exact) mass is 316 g/mol. The van der Waals surface area contributed by atoms with Crippen LogP contribution >= 0.6 is 11.8 Å². The predicted octanol–water partition coefficient (Wildman–Crippen LogP) is 3.94. The van der Waals surface area contributed by atoms with Crippen LogP contribution in [0.3, 0.4) is 0 Å². The summed E-state index contributed by atoms with van der Waals surface area (Å²) in [6.45, 7) is 0. The summed E-state index contributed by atoms with van der Waals surface area (Å²) < 4.78 is 13.5. The first kappa shape index (κ1) is 16.0. The molecule has 0 fully saturated rings. The first-order valence-electron chi connectivity index (χ1n) is 6.48. The number of thioether (sulfide) groups is 1. The Morgan fingerprint density at radius 1 is 1.05 bits per heavy atom. The summed E-state index contributed by atoms with van der Waals surface area (Å²) in [4.78, 5) is 22.9. The lowest BCUT2D eigenvalue weighted by Gasteiger charge is -2.04. The lowest BCUT2D eigenvalue weighted by Crippen LogP contribution is -1.96. The third kappa shape index (κ3) is 4.56. The van der Waals surface area contributed by atoms with E-state index in [9.17, 15) is 14.0 Å². The molecule has 0 aliphatic rings. The van der Waals surface area contributed by atoms with Gasteiger partial charge in [-0.25, -0.2) is 9.18 Å². The summed E-state index contributed by atoms with van der Waals surface area (Å²) in [5, 5.41) is 8.48. The molecule has 0 aliphatic carbocycles. The zero-order valence-electron chi connectivity index (χ0n) is 11.5. The highest BCUT2D eigenvalue weighted by atomic mass is 32.2. The molecule has 22 heavy (non-hydrogen) atoms. The largest absolute Gasteiger partial charge is 0.478 e. The maximum absolute atomic E-state index is 13.5. The number of benzene rings is 2. The van der Waals surface area contributed by atoms with Crippen LogP contribution in [0.4, 0.5) is 4.39 Å². The van der Waals surface area contributed by atoms with Gasteiger partial charge in [0.2, 0.25) is 0 Å². The number of hydrogen-bond donors (Lipinski definition) is 1. The highest BCUT2D eigenvalue weighted by molar-refractivity contribution is 7.98. The SMILES string of the molecule is O=C(O)/C=C/C(=O)c1ccc(SCc2ccccc2F)cc1. The Morgan fingerprint density at radius 2 is 1.73 bits per heavy atom. The molecular weight excluding hydrogens is 303 g/mol. The molecule has 0 amide bonds. The number of ketones is 1. The van der Waals surface area contributed by atoms with Crippen LogP contribution in [-0.4, -0.2) is 16.9 Å². The number of rotatable bonds is 6. The van der Waals surface area contributed by atoms with Crippen molar-refractivity contribution in [1.82, 2.24) is 0 Å². The Morgan fingerprint density at radius 3 is 2.36 bits per heavy atom. The second-order valence-corrected chi connectivity index (χ2v) is 5.49. The number of carbonyl (C=O) groups is 2.